The summed E-state index contributed by atoms with van der Waals surface area (Å²) in [7, 11) is -3.73. The van der Waals surface area contributed by atoms with Crippen molar-refractivity contribution < 1.29 is 18.0 Å². The first-order valence-corrected chi connectivity index (χ1v) is 11.5. The van der Waals surface area contributed by atoms with E-state index in [-0.39, 0.29) is 11.9 Å². The topological polar surface area (TPSA) is 95.6 Å². The molecule has 2 rings (SSSR count). The van der Waals surface area contributed by atoms with Gasteiger partial charge in [0.15, 0.2) is 0 Å². The van der Waals surface area contributed by atoms with Crippen molar-refractivity contribution in [2.75, 3.05) is 15.9 Å². The van der Waals surface area contributed by atoms with Crippen LogP contribution in [-0.4, -0.2) is 38.6 Å². The van der Waals surface area contributed by atoms with Crippen molar-refractivity contribution in [1.82, 2.24) is 5.32 Å². The first kappa shape index (κ1) is 23.4. The minimum Gasteiger partial charge on any atom is -0.350 e. The molecule has 0 radical (unpaired) electrons. The average molecular weight is 432 g/mol. The summed E-state index contributed by atoms with van der Waals surface area (Å²) in [6, 6.07) is 10.8. The van der Waals surface area contributed by atoms with E-state index in [0.29, 0.717) is 16.9 Å². The summed E-state index contributed by atoms with van der Waals surface area (Å²) in [4.78, 5) is 25.4. The number of rotatable bonds is 7. The largest absolute Gasteiger partial charge is 0.350 e. The Hall–Kier alpha value is -2.87. The van der Waals surface area contributed by atoms with Crippen LogP contribution in [0.3, 0.4) is 0 Å². The smallest absolute Gasteiger partial charge is 0.253 e. The van der Waals surface area contributed by atoms with Crippen molar-refractivity contribution >= 4 is 33.2 Å². The average Bonchev–Trinajstić information content (AvgIpc) is 2.63. The highest BCUT2D eigenvalue weighted by Crippen LogP contribution is 2.25. The third kappa shape index (κ3) is 5.60. The highest BCUT2D eigenvalue weighted by Gasteiger charge is 2.30. The monoisotopic (exact) mass is 431 g/mol. The van der Waals surface area contributed by atoms with Crippen molar-refractivity contribution in [3.63, 3.8) is 0 Å². The van der Waals surface area contributed by atoms with Crippen LogP contribution in [0.2, 0.25) is 0 Å². The lowest BCUT2D eigenvalue weighted by Gasteiger charge is -2.29. The molecule has 8 heteroatoms. The first-order chi connectivity index (χ1) is 13.9. The number of nitrogens with one attached hydrogen (secondary N) is 2. The van der Waals surface area contributed by atoms with Gasteiger partial charge >= 0.3 is 0 Å². The molecule has 0 aliphatic carbocycles. The molecule has 0 heterocycles. The molecule has 0 aliphatic rings. The van der Waals surface area contributed by atoms with E-state index in [1.54, 1.807) is 36.4 Å². The molecule has 30 heavy (non-hydrogen) atoms. The Kier molecular flexibility index (Phi) is 7.25. The number of anilines is 2. The maximum absolute atomic E-state index is 13.0. The van der Waals surface area contributed by atoms with Gasteiger partial charge in [0.2, 0.25) is 15.9 Å². The third-order valence-electron chi connectivity index (χ3n) is 4.68. The number of aryl methyl sites for hydroxylation is 2. The van der Waals surface area contributed by atoms with Gasteiger partial charge in [-0.25, -0.2) is 8.42 Å². The van der Waals surface area contributed by atoms with Crippen LogP contribution in [0.1, 0.15) is 42.3 Å². The van der Waals surface area contributed by atoms with Gasteiger partial charge in [-0.2, -0.15) is 0 Å². The molecule has 0 aromatic heterocycles. The SMILES string of the molecule is Cc1ccc(N([C@H](C)C(=O)Nc2ccccc2C(=O)NC(C)C)S(C)(=O)=O)cc1C. The van der Waals surface area contributed by atoms with Crippen molar-refractivity contribution in [3.8, 4) is 0 Å². The highest BCUT2D eigenvalue weighted by atomic mass is 32.2. The summed E-state index contributed by atoms with van der Waals surface area (Å²) in [5.74, 6) is -0.855. The zero-order valence-electron chi connectivity index (χ0n) is 18.2. The molecular formula is C22H29N3O4S. The predicted octanol–water partition coefficient (Wildman–Crippen LogP) is 3.23. The summed E-state index contributed by atoms with van der Waals surface area (Å²) in [5, 5.41) is 5.50. The second-order valence-electron chi connectivity index (χ2n) is 7.67. The standard InChI is InChI=1S/C22H29N3O4S/c1-14(2)23-22(27)19-9-7-8-10-20(19)24-21(26)17(5)25(30(6,28)29)18-12-11-15(3)16(4)13-18/h7-14,17H,1-6H3,(H,23,27)(H,24,26)/t17-/m1/s1. The van der Waals surface area contributed by atoms with E-state index in [1.165, 1.54) is 6.92 Å². The summed E-state index contributed by atoms with van der Waals surface area (Å²) in [6.45, 7) is 9.01. The van der Waals surface area contributed by atoms with Crippen LogP contribution in [0.5, 0.6) is 0 Å². The van der Waals surface area contributed by atoms with Gasteiger partial charge in [-0.3, -0.25) is 13.9 Å². The number of hydrogen-bond donors (Lipinski definition) is 2. The number of carbonyl (C=O) groups is 2. The number of benzene rings is 2. The van der Waals surface area contributed by atoms with Gasteiger partial charge in [0.05, 0.1) is 23.2 Å². The summed E-state index contributed by atoms with van der Waals surface area (Å²) in [6.07, 6.45) is 1.07. The van der Waals surface area contributed by atoms with Crippen molar-refractivity contribution in [3.05, 3.63) is 59.2 Å². The number of sulfonamides is 1. The number of nitrogens with zero attached hydrogens (tertiary/aromatic N) is 1. The molecule has 2 aromatic carbocycles. The van der Waals surface area contributed by atoms with Gasteiger partial charge in [-0.15, -0.1) is 0 Å². The first-order valence-electron chi connectivity index (χ1n) is 9.69. The van der Waals surface area contributed by atoms with E-state index in [4.69, 9.17) is 0 Å². The zero-order valence-corrected chi connectivity index (χ0v) is 19.0. The second-order valence-corrected chi connectivity index (χ2v) is 9.53. The number of hydrogen-bond acceptors (Lipinski definition) is 4. The fraction of sp³-hybridized carbons (Fsp3) is 0.364. The summed E-state index contributed by atoms with van der Waals surface area (Å²) < 4.78 is 26.1. The Morgan fingerprint density at radius 1 is 0.967 bits per heavy atom. The van der Waals surface area contributed by atoms with Crippen molar-refractivity contribution in [1.29, 1.82) is 0 Å². The molecular weight excluding hydrogens is 402 g/mol. The molecule has 0 bridgehead atoms. The molecule has 0 aliphatic heterocycles. The minimum atomic E-state index is -3.73. The fourth-order valence-electron chi connectivity index (χ4n) is 3.04. The van der Waals surface area contributed by atoms with Gasteiger partial charge in [0.1, 0.15) is 6.04 Å². The van der Waals surface area contributed by atoms with Gasteiger partial charge in [-0.05, 0) is 70.0 Å². The Balaban J connectivity index is 2.35. The lowest BCUT2D eigenvalue weighted by Crippen LogP contribution is -2.45. The molecule has 2 N–H and O–H groups in total. The fourth-order valence-corrected chi connectivity index (χ4v) is 4.21. The highest BCUT2D eigenvalue weighted by molar-refractivity contribution is 7.92. The maximum atomic E-state index is 13.0. The van der Waals surface area contributed by atoms with E-state index >= 15 is 0 Å². The molecule has 162 valence electrons. The summed E-state index contributed by atoms with van der Waals surface area (Å²) >= 11 is 0. The lowest BCUT2D eigenvalue weighted by atomic mass is 10.1. The van der Waals surface area contributed by atoms with Crippen LogP contribution >= 0.6 is 0 Å². The van der Waals surface area contributed by atoms with Crippen LogP contribution in [0.25, 0.3) is 0 Å². The molecule has 7 nitrogen and oxygen atoms in total. The minimum absolute atomic E-state index is 0.0642. The lowest BCUT2D eigenvalue weighted by molar-refractivity contribution is -0.116. The Labute approximate surface area is 178 Å². The maximum Gasteiger partial charge on any atom is 0.253 e. The Morgan fingerprint density at radius 2 is 1.60 bits per heavy atom. The second kappa shape index (κ2) is 9.30. The molecule has 2 aromatic rings. The third-order valence-corrected chi connectivity index (χ3v) is 5.92. The molecule has 0 unspecified atom stereocenters. The normalized spacial score (nSPS) is 12.4. The predicted molar refractivity (Wildman–Crippen MR) is 120 cm³/mol. The van der Waals surface area contributed by atoms with Crippen LogP contribution in [0.15, 0.2) is 42.5 Å². The number of para-hydroxylation sites is 1. The zero-order chi connectivity index (χ0) is 22.6. The van der Waals surface area contributed by atoms with Crippen LogP contribution < -0.4 is 14.9 Å². The van der Waals surface area contributed by atoms with Gasteiger partial charge in [0, 0.05) is 6.04 Å². The van der Waals surface area contributed by atoms with Crippen LogP contribution in [0.4, 0.5) is 11.4 Å². The molecule has 1 atom stereocenters. The molecule has 0 fully saturated rings. The number of amides is 2. The number of carbonyl (C=O) groups excluding carboxylic acids is 2. The van der Waals surface area contributed by atoms with Gasteiger partial charge in [0.25, 0.3) is 5.91 Å². The van der Waals surface area contributed by atoms with E-state index < -0.39 is 22.0 Å². The van der Waals surface area contributed by atoms with Crippen molar-refractivity contribution in [2.45, 2.75) is 46.7 Å². The van der Waals surface area contributed by atoms with Gasteiger partial charge < -0.3 is 10.6 Å². The van der Waals surface area contributed by atoms with E-state index in [9.17, 15) is 18.0 Å². The molecule has 0 spiro atoms. The quantitative estimate of drug-likeness (QED) is 0.704. The van der Waals surface area contributed by atoms with Gasteiger partial charge in [-0.1, -0.05) is 18.2 Å². The van der Waals surface area contributed by atoms with Crippen molar-refractivity contribution in [2.24, 2.45) is 0 Å². The molecule has 0 saturated carbocycles. The Bertz CT molecular complexity index is 1050. The van der Waals surface area contributed by atoms with E-state index in [2.05, 4.69) is 10.6 Å². The van der Waals surface area contributed by atoms with E-state index in [1.807, 2.05) is 33.8 Å². The van der Waals surface area contributed by atoms with E-state index in [0.717, 1.165) is 21.7 Å². The van der Waals surface area contributed by atoms with Crippen LogP contribution in [0, 0.1) is 13.8 Å². The van der Waals surface area contributed by atoms with Crippen LogP contribution in [-0.2, 0) is 14.8 Å². The molecule has 2 amide bonds. The summed E-state index contributed by atoms with van der Waals surface area (Å²) in [5.41, 5.74) is 2.98. The Morgan fingerprint density at radius 3 is 2.17 bits per heavy atom. The molecule has 0 saturated heterocycles.